The van der Waals surface area contributed by atoms with Gasteiger partial charge < -0.3 is 10.8 Å². The van der Waals surface area contributed by atoms with Crippen molar-refractivity contribution >= 4 is 0 Å². The van der Waals surface area contributed by atoms with Crippen molar-refractivity contribution in [1.29, 1.82) is 0 Å². The van der Waals surface area contributed by atoms with Gasteiger partial charge in [-0.2, -0.15) is 0 Å². The van der Waals surface area contributed by atoms with Gasteiger partial charge in [-0.15, -0.1) is 0 Å². The van der Waals surface area contributed by atoms with E-state index in [9.17, 15) is 5.11 Å². The predicted molar refractivity (Wildman–Crippen MR) is 39.3 cm³/mol. The van der Waals surface area contributed by atoms with Crippen LogP contribution >= 0.6 is 0 Å². The summed E-state index contributed by atoms with van der Waals surface area (Å²) in [5.74, 6) is 0.792. The number of hydrogen-bond acceptors (Lipinski definition) is 2. The fourth-order valence-electron chi connectivity index (χ4n) is 2.01. The number of aliphatic hydroxyl groups is 1. The zero-order chi connectivity index (χ0) is 7.14. The smallest absolute Gasteiger partial charge is 0.0759 e. The summed E-state index contributed by atoms with van der Waals surface area (Å²) in [7, 11) is 0. The van der Waals surface area contributed by atoms with Gasteiger partial charge in [0.05, 0.1) is 6.10 Å². The van der Waals surface area contributed by atoms with E-state index < -0.39 is 0 Å². The molecule has 1 fully saturated rings. The van der Waals surface area contributed by atoms with Gasteiger partial charge >= 0.3 is 0 Å². The Morgan fingerprint density at radius 3 is 2.10 bits per heavy atom. The molecule has 0 aliphatic heterocycles. The lowest BCUT2D eigenvalue weighted by molar-refractivity contribution is 0.0448. The molecule has 3 aliphatic carbocycles. The Kier molecular flexibility index (Phi) is 1.32. The van der Waals surface area contributed by atoms with E-state index in [-0.39, 0.29) is 12.1 Å². The van der Waals surface area contributed by atoms with Gasteiger partial charge in [-0.1, -0.05) is 12.2 Å². The first-order chi connectivity index (χ1) is 4.79. The van der Waals surface area contributed by atoms with Gasteiger partial charge in [0.2, 0.25) is 0 Å². The van der Waals surface area contributed by atoms with Crippen molar-refractivity contribution in [1.82, 2.24) is 0 Å². The number of fused-ring (bicyclic) bond motifs is 2. The summed E-state index contributed by atoms with van der Waals surface area (Å²) in [6, 6.07) is 0.00347. The third-order valence-corrected chi connectivity index (χ3v) is 2.77. The summed E-state index contributed by atoms with van der Waals surface area (Å²) >= 11 is 0. The third-order valence-electron chi connectivity index (χ3n) is 2.77. The molecule has 0 aromatic rings. The van der Waals surface area contributed by atoms with Crippen LogP contribution in [0.3, 0.4) is 0 Å². The molecule has 4 unspecified atom stereocenters. The SMILES string of the molecule is NC1C2C=CC(CC2)C1O. The van der Waals surface area contributed by atoms with Crippen molar-refractivity contribution in [3.63, 3.8) is 0 Å². The van der Waals surface area contributed by atoms with Crippen molar-refractivity contribution in [2.75, 3.05) is 0 Å². The molecule has 0 aromatic heterocycles. The van der Waals surface area contributed by atoms with Gasteiger partial charge in [-0.05, 0) is 18.8 Å². The Balaban J connectivity index is 2.25. The molecule has 2 heteroatoms. The molecule has 3 rings (SSSR count). The van der Waals surface area contributed by atoms with E-state index in [1.54, 1.807) is 0 Å². The number of rotatable bonds is 0. The summed E-state index contributed by atoms with van der Waals surface area (Å²) in [6.07, 6.45) is 6.28. The van der Waals surface area contributed by atoms with E-state index in [2.05, 4.69) is 12.2 Å². The fourth-order valence-corrected chi connectivity index (χ4v) is 2.01. The van der Waals surface area contributed by atoms with Gasteiger partial charge in [0.15, 0.2) is 0 Å². The molecule has 0 aromatic carbocycles. The third kappa shape index (κ3) is 0.724. The van der Waals surface area contributed by atoms with Gasteiger partial charge in [-0.3, -0.25) is 0 Å². The first-order valence-electron chi connectivity index (χ1n) is 3.91. The number of nitrogens with two attached hydrogens (primary N) is 1. The Hall–Kier alpha value is -0.340. The van der Waals surface area contributed by atoms with E-state index in [1.807, 2.05) is 0 Å². The molecule has 2 nitrogen and oxygen atoms in total. The van der Waals surface area contributed by atoms with Crippen LogP contribution in [0.4, 0.5) is 0 Å². The minimum atomic E-state index is -0.274. The molecule has 1 saturated carbocycles. The summed E-state index contributed by atoms with van der Waals surface area (Å²) < 4.78 is 0. The molecule has 0 saturated heterocycles. The molecule has 56 valence electrons. The van der Waals surface area contributed by atoms with Crippen molar-refractivity contribution in [3.05, 3.63) is 12.2 Å². The second-order valence-corrected chi connectivity index (χ2v) is 3.36. The summed E-state index contributed by atoms with van der Waals surface area (Å²) in [5.41, 5.74) is 5.76. The quantitative estimate of drug-likeness (QED) is 0.473. The molecule has 10 heavy (non-hydrogen) atoms. The van der Waals surface area contributed by atoms with Crippen LogP contribution in [-0.2, 0) is 0 Å². The molecular weight excluding hydrogens is 126 g/mol. The lowest BCUT2D eigenvalue weighted by Crippen LogP contribution is -2.50. The van der Waals surface area contributed by atoms with Crippen LogP contribution in [0, 0.1) is 11.8 Å². The van der Waals surface area contributed by atoms with Crippen LogP contribution in [0.1, 0.15) is 12.8 Å². The van der Waals surface area contributed by atoms with Crippen molar-refractivity contribution < 1.29 is 5.11 Å². The standard InChI is InChI=1S/C8H13NO/c9-7-5-1-3-6(4-2-5)8(7)10/h1,3,5-8,10H,2,4,9H2. The molecule has 0 spiro atoms. The highest BCUT2D eigenvalue weighted by atomic mass is 16.3. The van der Waals surface area contributed by atoms with Crippen LogP contribution < -0.4 is 5.73 Å². The van der Waals surface area contributed by atoms with E-state index >= 15 is 0 Å². The molecule has 0 heterocycles. The zero-order valence-electron chi connectivity index (χ0n) is 5.90. The van der Waals surface area contributed by atoms with Crippen LogP contribution in [0.5, 0.6) is 0 Å². The fraction of sp³-hybridized carbons (Fsp3) is 0.750. The highest BCUT2D eigenvalue weighted by Gasteiger charge is 2.36. The summed E-state index contributed by atoms with van der Waals surface area (Å²) in [4.78, 5) is 0. The molecule has 0 amide bonds. The monoisotopic (exact) mass is 139 g/mol. The summed E-state index contributed by atoms with van der Waals surface area (Å²) in [5, 5.41) is 9.49. The average molecular weight is 139 g/mol. The van der Waals surface area contributed by atoms with E-state index in [1.165, 1.54) is 6.42 Å². The first kappa shape index (κ1) is 6.38. The van der Waals surface area contributed by atoms with E-state index in [4.69, 9.17) is 5.73 Å². The van der Waals surface area contributed by atoms with E-state index in [0.29, 0.717) is 11.8 Å². The zero-order valence-corrected chi connectivity index (χ0v) is 5.90. The van der Waals surface area contributed by atoms with Gasteiger partial charge in [0, 0.05) is 12.0 Å². The van der Waals surface area contributed by atoms with Crippen LogP contribution in [-0.4, -0.2) is 17.3 Å². The minimum Gasteiger partial charge on any atom is -0.391 e. The molecule has 2 bridgehead atoms. The Morgan fingerprint density at radius 2 is 1.80 bits per heavy atom. The highest BCUT2D eigenvalue weighted by molar-refractivity contribution is 5.11. The van der Waals surface area contributed by atoms with Crippen molar-refractivity contribution in [2.45, 2.75) is 25.0 Å². The van der Waals surface area contributed by atoms with E-state index in [0.717, 1.165) is 6.42 Å². The Morgan fingerprint density at radius 1 is 1.20 bits per heavy atom. The highest BCUT2D eigenvalue weighted by Crippen LogP contribution is 2.35. The Bertz CT molecular complexity index is 149. The van der Waals surface area contributed by atoms with Crippen molar-refractivity contribution in [3.8, 4) is 0 Å². The number of aliphatic hydroxyl groups excluding tert-OH is 1. The minimum absolute atomic E-state index is 0.00347. The predicted octanol–water partition coefficient (Wildman–Crippen LogP) is 0.271. The Labute approximate surface area is 60.7 Å². The molecule has 3 aliphatic rings. The van der Waals surface area contributed by atoms with Gasteiger partial charge in [-0.25, -0.2) is 0 Å². The molecule has 3 N–H and O–H groups in total. The lowest BCUT2D eigenvalue weighted by Gasteiger charge is -2.40. The first-order valence-corrected chi connectivity index (χ1v) is 3.91. The van der Waals surface area contributed by atoms with Crippen LogP contribution in [0.15, 0.2) is 12.2 Å². The lowest BCUT2D eigenvalue weighted by atomic mass is 9.71. The second kappa shape index (κ2) is 2.07. The van der Waals surface area contributed by atoms with Crippen LogP contribution in [0.2, 0.25) is 0 Å². The maximum atomic E-state index is 9.49. The maximum Gasteiger partial charge on any atom is 0.0759 e. The normalized spacial score (nSPS) is 51.8. The molecular formula is C8H13NO. The van der Waals surface area contributed by atoms with Crippen molar-refractivity contribution in [2.24, 2.45) is 17.6 Å². The topological polar surface area (TPSA) is 46.2 Å². The second-order valence-electron chi connectivity index (χ2n) is 3.36. The maximum absolute atomic E-state index is 9.49. The largest absolute Gasteiger partial charge is 0.391 e. The average Bonchev–Trinajstić information content (AvgIpc) is 2.00. The van der Waals surface area contributed by atoms with Crippen LogP contribution in [0.25, 0.3) is 0 Å². The van der Waals surface area contributed by atoms with Gasteiger partial charge in [0.25, 0.3) is 0 Å². The summed E-state index contributed by atoms with van der Waals surface area (Å²) in [6.45, 7) is 0. The van der Waals surface area contributed by atoms with Gasteiger partial charge in [0.1, 0.15) is 0 Å². The molecule has 4 atom stereocenters. The molecule has 0 radical (unpaired) electrons. The number of hydrogen-bond donors (Lipinski definition) is 2.